The molecule has 0 saturated heterocycles. The molecule has 0 unspecified atom stereocenters. The zero-order valence-corrected chi connectivity index (χ0v) is 54.3. The van der Waals surface area contributed by atoms with Gasteiger partial charge in [0.15, 0.2) is 0 Å². The Balaban J connectivity index is 1.21. The molecule has 4 heteroatoms. The topological polar surface area (TPSA) is 9.72 Å². The van der Waals surface area contributed by atoms with Crippen LogP contribution in [0.5, 0.6) is 0 Å². The van der Waals surface area contributed by atoms with E-state index in [1.807, 2.05) is 0 Å². The molecule has 0 bridgehead atoms. The molecule has 0 saturated carbocycles. The lowest BCUT2D eigenvalue weighted by Gasteiger charge is -2.46. The molecule has 2 aliphatic heterocycles. The number of rotatable bonds is 5. The van der Waals surface area contributed by atoms with Crippen molar-refractivity contribution >= 4 is 74.3 Å². The first kappa shape index (κ1) is 55.2. The van der Waals surface area contributed by atoms with Gasteiger partial charge in [-0.3, -0.25) is 0 Å². The molecule has 424 valence electrons. The summed E-state index contributed by atoms with van der Waals surface area (Å²) in [6.07, 6.45) is 4.45. The van der Waals surface area contributed by atoms with E-state index < -0.39 is 0 Å². The molecule has 0 atom stereocenters. The second-order valence-corrected chi connectivity index (χ2v) is 34.1. The van der Waals surface area contributed by atoms with Gasteiger partial charge in [0.25, 0.3) is 6.71 Å². The number of anilines is 9. The van der Waals surface area contributed by atoms with Crippen LogP contribution in [0.15, 0.2) is 121 Å². The summed E-state index contributed by atoms with van der Waals surface area (Å²) < 4.78 is 0. The van der Waals surface area contributed by atoms with Crippen molar-refractivity contribution in [3.8, 4) is 0 Å². The Morgan fingerprint density at radius 1 is 0.329 bits per heavy atom. The summed E-state index contributed by atoms with van der Waals surface area (Å²) >= 11 is 0. The van der Waals surface area contributed by atoms with Gasteiger partial charge in [-0.25, -0.2) is 0 Å². The highest BCUT2D eigenvalue weighted by Crippen LogP contribution is 2.59. The number of hydrogen-bond donors (Lipinski definition) is 0. The fraction of sp³-hybridized carbons (Fsp3) is 0.462. The molecule has 0 fully saturated rings. The lowest BCUT2D eigenvalue weighted by Crippen LogP contribution is -2.62. The summed E-state index contributed by atoms with van der Waals surface area (Å²) in [5, 5.41) is 0. The van der Waals surface area contributed by atoms with Gasteiger partial charge in [-0.2, -0.15) is 0 Å². The van der Waals surface area contributed by atoms with Crippen molar-refractivity contribution in [3.63, 3.8) is 0 Å². The van der Waals surface area contributed by atoms with Gasteiger partial charge < -0.3 is 14.7 Å². The van der Waals surface area contributed by atoms with Crippen LogP contribution in [0.3, 0.4) is 0 Å². The Morgan fingerprint density at radius 3 is 1.09 bits per heavy atom. The molecule has 7 aromatic carbocycles. The van der Waals surface area contributed by atoms with Crippen molar-refractivity contribution in [2.75, 3.05) is 14.7 Å². The Kier molecular flexibility index (Phi) is 11.4. The Bertz CT molecular complexity index is 3670. The van der Waals surface area contributed by atoms with Crippen molar-refractivity contribution in [1.82, 2.24) is 0 Å². The first-order valence-corrected chi connectivity index (χ1v) is 31.3. The van der Waals surface area contributed by atoms with E-state index in [-0.39, 0.29) is 60.9 Å². The van der Waals surface area contributed by atoms with E-state index >= 15 is 0 Å². The highest BCUT2D eigenvalue weighted by Gasteiger charge is 2.52. The summed E-state index contributed by atoms with van der Waals surface area (Å²) in [7, 11) is 0. The maximum Gasteiger partial charge on any atom is 0.252 e. The minimum atomic E-state index is -0.0507. The summed E-state index contributed by atoms with van der Waals surface area (Å²) in [4.78, 5) is 8.09. The predicted molar refractivity (Wildman–Crippen MR) is 355 cm³/mol. The quantitative estimate of drug-likeness (QED) is 0.159. The second kappa shape index (κ2) is 16.9. The Labute approximate surface area is 495 Å². The van der Waals surface area contributed by atoms with E-state index in [4.69, 9.17) is 0 Å². The monoisotopic (exact) mass is 1080 g/mol. The molecule has 0 aromatic heterocycles. The van der Waals surface area contributed by atoms with Gasteiger partial charge in [0.1, 0.15) is 0 Å². The molecule has 6 aliphatic rings. The van der Waals surface area contributed by atoms with E-state index in [1.165, 1.54) is 106 Å². The second-order valence-electron chi connectivity index (χ2n) is 34.1. The molecule has 4 aliphatic carbocycles. The number of fused-ring (bicyclic) bond motifs is 8. The van der Waals surface area contributed by atoms with Crippen molar-refractivity contribution in [2.45, 2.75) is 232 Å². The molecule has 0 N–H and O–H groups in total. The van der Waals surface area contributed by atoms with Crippen LogP contribution < -0.4 is 31.1 Å². The molecule has 0 radical (unpaired) electrons. The highest BCUT2D eigenvalue weighted by atomic mass is 15.2. The fourth-order valence-electron chi connectivity index (χ4n) is 18.5. The van der Waals surface area contributed by atoms with E-state index in [2.05, 4.69) is 288 Å². The van der Waals surface area contributed by atoms with E-state index in [0.29, 0.717) is 0 Å². The van der Waals surface area contributed by atoms with E-state index in [9.17, 15) is 0 Å². The first-order chi connectivity index (χ1) is 37.8. The number of nitrogens with zero attached hydrogens (tertiary/aromatic N) is 3. The smallest absolute Gasteiger partial charge is 0.252 e. The third-order valence-electron chi connectivity index (χ3n) is 21.4. The highest BCUT2D eigenvalue weighted by molar-refractivity contribution is 7.00. The standard InChI is InChI=1S/C78H94BN3/c1-69(2,3)47-26-28-49(29-27-47)80(50-25-23-24-48(34-50)70(4,5)6)53-37-66-68-67(38-53)82(52-31-33-55-57(36-52)74(13,14)44-72(55,9)10)65-42-61-59(76(17,18)46-78(61,21)22)40-63(65)79(68)62-39-58-60(77(19,20)45-75(58,15)16)41-64(62)81(66)51-30-32-54-56(35-51)73(11,12)43-71(54,7)8/h23-42H,43-46H2,1-22H3. The lowest BCUT2D eigenvalue weighted by atomic mass is 9.33. The largest absolute Gasteiger partial charge is 0.311 e. The van der Waals surface area contributed by atoms with Crippen LogP contribution >= 0.6 is 0 Å². The molecule has 3 nitrogen and oxygen atoms in total. The normalized spacial score (nSPS) is 20.8. The van der Waals surface area contributed by atoms with Crippen LogP contribution in [-0.4, -0.2) is 6.71 Å². The third-order valence-corrected chi connectivity index (χ3v) is 21.4. The predicted octanol–water partition coefficient (Wildman–Crippen LogP) is 19.7. The SMILES string of the molecule is CC(C)(C)c1ccc(N(c2cccc(C(C)(C)C)c2)c2cc3c4c(c2)N(c2ccc5c(c2)C(C)(C)CC5(C)C)c2cc5c(cc2B4c2cc4c(cc2N3c2ccc3c(c2)C(C)(C)CC3(C)C)C(C)(C)CC4(C)C)C(C)(C)CC5(C)C)cc1. The van der Waals surface area contributed by atoms with Crippen LogP contribution in [0.4, 0.5) is 51.2 Å². The summed E-state index contributed by atoms with van der Waals surface area (Å²) in [5.41, 5.74) is 30.1. The van der Waals surface area contributed by atoms with Gasteiger partial charge in [0, 0.05) is 45.5 Å². The summed E-state index contributed by atoms with van der Waals surface area (Å²) in [5.74, 6) is 0. The van der Waals surface area contributed by atoms with Crippen LogP contribution in [0.25, 0.3) is 0 Å². The van der Waals surface area contributed by atoms with Gasteiger partial charge in [0.05, 0.1) is 5.69 Å². The van der Waals surface area contributed by atoms with Crippen molar-refractivity contribution < 1.29 is 0 Å². The lowest BCUT2D eigenvalue weighted by molar-refractivity contribution is 0.402. The van der Waals surface area contributed by atoms with Gasteiger partial charge in [-0.1, -0.05) is 201 Å². The van der Waals surface area contributed by atoms with Crippen LogP contribution in [0.1, 0.15) is 234 Å². The minimum absolute atomic E-state index is 0.00152. The van der Waals surface area contributed by atoms with Gasteiger partial charge in [0.2, 0.25) is 0 Å². The molecule has 13 rings (SSSR count). The average Bonchev–Trinajstić information content (AvgIpc) is 1.43. The average molecular weight is 1080 g/mol. The van der Waals surface area contributed by atoms with Crippen LogP contribution in [0.2, 0.25) is 0 Å². The Hall–Kier alpha value is -6.00. The molecule has 0 amide bonds. The minimum Gasteiger partial charge on any atom is -0.311 e. The van der Waals surface area contributed by atoms with Crippen LogP contribution in [0, 0.1) is 0 Å². The molecular weight excluding hydrogens is 990 g/mol. The summed E-state index contributed by atoms with van der Waals surface area (Å²) in [6, 6.07) is 50.1. The maximum atomic E-state index is 2.75. The van der Waals surface area contributed by atoms with Crippen molar-refractivity contribution in [2.24, 2.45) is 0 Å². The molecule has 2 heterocycles. The number of hydrogen-bond acceptors (Lipinski definition) is 3. The van der Waals surface area contributed by atoms with E-state index in [0.717, 1.165) is 42.7 Å². The third kappa shape index (κ3) is 8.15. The first-order valence-electron chi connectivity index (χ1n) is 31.3. The molecule has 0 spiro atoms. The molecular formula is C78H94BN3. The number of benzene rings is 7. The van der Waals surface area contributed by atoms with Crippen molar-refractivity contribution in [3.05, 3.63) is 177 Å². The van der Waals surface area contributed by atoms with Gasteiger partial charge >= 0.3 is 0 Å². The summed E-state index contributed by atoms with van der Waals surface area (Å²) in [6.45, 7) is 53.8. The zero-order valence-electron chi connectivity index (χ0n) is 54.3. The van der Waals surface area contributed by atoms with Gasteiger partial charge in [-0.05, 0) is 225 Å². The Morgan fingerprint density at radius 2 is 0.695 bits per heavy atom. The van der Waals surface area contributed by atoms with E-state index in [1.54, 1.807) is 0 Å². The van der Waals surface area contributed by atoms with Gasteiger partial charge in [-0.15, -0.1) is 0 Å². The molecule has 82 heavy (non-hydrogen) atoms. The fourth-order valence-corrected chi connectivity index (χ4v) is 18.5. The molecule has 7 aromatic rings. The van der Waals surface area contributed by atoms with Crippen molar-refractivity contribution in [1.29, 1.82) is 0 Å². The zero-order chi connectivity index (χ0) is 59.0. The van der Waals surface area contributed by atoms with Crippen LogP contribution in [-0.2, 0) is 54.1 Å². The maximum absolute atomic E-state index is 2.75.